The van der Waals surface area contributed by atoms with Crippen LogP contribution in [0.15, 0.2) is 36.9 Å². The standard InChI is InChI=1S/C20H26N2/c1-4-6-7-8-18-14-19(15(3)22-20(18)21)13-17-11-9-16(5-2)10-12-17/h5,9-12,14H,2,4,6-8,13H2,1,3H3,(H2,21,22). The first-order valence-electron chi connectivity index (χ1n) is 8.10. The van der Waals surface area contributed by atoms with Crippen molar-refractivity contribution in [3.8, 4) is 0 Å². The lowest BCUT2D eigenvalue weighted by atomic mass is 9.99. The zero-order chi connectivity index (χ0) is 15.9. The normalized spacial score (nSPS) is 10.6. The lowest BCUT2D eigenvalue weighted by Crippen LogP contribution is -2.04. The molecule has 2 rings (SSSR count). The summed E-state index contributed by atoms with van der Waals surface area (Å²) >= 11 is 0. The third-order valence-corrected chi connectivity index (χ3v) is 4.09. The summed E-state index contributed by atoms with van der Waals surface area (Å²) in [6.07, 6.45) is 7.44. The van der Waals surface area contributed by atoms with Gasteiger partial charge in [-0.2, -0.15) is 0 Å². The van der Waals surface area contributed by atoms with E-state index in [1.54, 1.807) is 0 Å². The second-order valence-corrected chi connectivity index (χ2v) is 5.86. The molecule has 1 heterocycles. The number of nitrogen functional groups attached to an aromatic ring is 1. The first-order chi connectivity index (χ1) is 10.6. The molecule has 2 N–H and O–H groups in total. The molecule has 2 heteroatoms. The molecule has 116 valence electrons. The van der Waals surface area contributed by atoms with Crippen molar-refractivity contribution >= 4 is 11.9 Å². The minimum Gasteiger partial charge on any atom is -0.383 e. The van der Waals surface area contributed by atoms with Gasteiger partial charge in [0.2, 0.25) is 0 Å². The molecule has 1 aromatic heterocycles. The van der Waals surface area contributed by atoms with Crippen LogP contribution in [0, 0.1) is 6.92 Å². The van der Waals surface area contributed by atoms with E-state index in [1.165, 1.54) is 36.0 Å². The van der Waals surface area contributed by atoms with E-state index in [0.717, 1.165) is 24.1 Å². The highest BCUT2D eigenvalue weighted by Crippen LogP contribution is 2.20. The number of benzene rings is 1. The van der Waals surface area contributed by atoms with Gasteiger partial charge in [0, 0.05) is 5.69 Å². The summed E-state index contributed by atoms with van der Waals surface area (Å²) in [5.41, 5.74) is 12.0. The van der Waals surface area contributed by atoms with Crippen molar-refractivity contribution in [1.29, 1.82) is 0 Å². The number of hydrogen-bond donors (Lipinski definition) is 1. The summed E-state index contributed by atoms with van der Waals surface area (Å²) in [4.78, 5) is 4.54. The van der Waals surface area contributed by atoms with Gasteiger partial charge in [-0.1, -0.05) is 62.8 Å². The fourth-order valence-electron chi connectivity index (χ4n) is 2.65. The number of aryl methyl sites for hydroxylation is 2. The van der Waals surface area contributed by atoms with Crippen LogP contribution in [0.2, 0.25) is 0 Å². The zero-order valence-electron chi connectivity index (χ0n) is 13.7. The highest BCUT2D eigenvalue weighted by molar-refractivity contribution is 5.48. The van der Waals surface area contributed by atoms with Gasteiger partial charge >= 0.3 is 0 Å². The van der Waals surface area contributed by atoms with E-state index in [-0.39, 0.29) is 0 Å². The van der Waals surface area contributed by atoms with Crippen molar-refractivity contribution in [3.63, 3.8) is 0 Å². The van der Waals surface area contributed by atoms with Gasteiger partial charge in [-0.3, -0.25) is 0 Å². The maximum atomic E-state index is 6.08. The Morgan fingerprint density at radius 2 is 1.86 bits per heavy atom. The molecule has 0 unspecified atom stereocenters. The largest absolute Gasteiger partial charge is 0.383 e. The van der Waals surface area contributed by atoms with Crippen molar-refractivity contribution in [2.24, 2.45) is 0 Å². The van der Waals surface area contributed by atoms with Gasteiger partial charge in [0.15, 0.2) is 0 Å². The highest BCUT2D eigenvalue weighted by Gasteiger charge is 2.08. The number of nitrogens with zero attached hydrogens (tertiary/aromatic N) is 1. The minimum atomic E-state index is 0.694. The number of unbranched alkanes of at least 4 members (excludes halogenated alkanes) is 2. The Morgan fingerprint density at radius 1 is 1.14 bits per heavy atom. The van der Waals surface area contributed by atoms with E-state index in [1.807, 2.05) is 13.0 Å². The molecule has 0 radical (unpaired) electrons. The van der Waals surface area contributed by atoms with E-state index < -0.39 is 0 Å². The second kappa shape index (κ2) is 7.79. The Morgan fingerprint density at radius 3 is 2.50 bits per heavy atom. The van der Waals surface area contributed by atoms with Gasteiger partial charge in [0.05, 0.1) is 0 Å². The Balaban J connectivity index is 2.18. The van der Waals surface area contributed by atoms with Crippen LogP contribution >= 0.6 is 0 Å². The summed E-state index contributed by atoms with van der Waals surface area (Å²) in [5.74, 6) is 0.694. The second-order valence-electron chi connectivity index (χ2n) is 5.86. The van der Waals surface area contributed by atoms with Crippen molar-refractivity contribution < 1.29 is 0 Å². The molecule has 0 saturated carbocycles. The molecule has 0 aliphatic heterocycles. The average Bonchev–Trinajstić information content (AvgIpc) is 2.52. The van der Waals surface area contributed by atoms with Crippen LogP contribution in [0.25, 0.3) is 6.08 Å². The number of anilines is 1. The molecule has 1 aromatic carbocycles. The molecule has 2 aromatic rings. The van der Waals surface area contributed by atoms with E-state index in [2.05, 4.69) is 48.8 Å². The fraction of sp³-hybridized carbons (Fsp3) is 0.350. The molecule has 2 nitrogen and oxygen atoms in total. The van der Waals surface area contributed by atoms with Gasteiger partial charge in [-0.05, 0) is 48.4 Å². The molecule has 0 atom stereocenters. The first kappa shape index (κ1) is 16.3. The Labute approximate surface area is 134 Å². The lowest BCUT2D eigenvalue weighted by Gasteiger charge is -2.11. The molecule has 0 spiro atoms. The van der Waals surface area contributed by atoms with E-state index in [9.17, 15) is 0 Å². The number of hydrogen-bond acceptors (Lipinski definition) is 2. The molecule has 0 amide bonds. The molecule has 0 saturated heterocycles. The van der Waals surface area contributed by atoms with Crippen LogP contribution in [0.5, 0.6) is 0 Å². The molecule has 0 fully saturated rings. The predicted octanol–water partition coefficient (Wildman–Crippen LogP) is 4.94. The van der Waals surface area contributed by atoms with E-state index >= 15 is 0 Å². The number of nitrogens with two attached hydrogens (primary N) is 1. The summed E-state index contributed by atoms with van der Waals surface area (Å²) in [6, 6.07) is 10.8. The smallest absolute Gasteiger partial charge is 0.126 e. The summed E-state index contributed by atoms with van der Waals surface area (Å²) in [5, 5.41) is 0. The summed E-state index contributed by atoms with van der Waals surface area (Å²) in [7, 11) is 0. The van der Waals surface area contributed by atoms with Crippen molar-refractivity contribution in [2.75, 3.05) is 5.73 Å². The van der Waals surface area contributed by atoms with Crippen LogP contribution in [-0.4, -0.2) is 4.98 Å². The predicted molar refractivity (Wildman–Crippen MR) is 96.0 cm³/mol. The Bertz CT molecular complexity index is 627. The van der Waals surface area contributed by atoms with E-state index in [4.69, 9.17) is 5.73 Å². The summed E-state index contributed by atoms with van der Waals surface area (Å²) in [6.45, 7) is 8.05. The Hall–Kier alpha value is -2.09. The first-order valence-corrected chi connectivity index (χ1v) is 8.10. The van der Waals surface area contributed by atoms with Gasteiger partial charge in [0.25, 0.3) is 0 Å². The molecule has 22 heavy (non-hydrogen) atoms. The lowest BCUT2D eigenvalue weighted by molar-refractivity contribution is 0.716. The molecule has 0 aliphatic rings. The van der Waals surface area contributed by atoms with Crippen LogP contribution < -0.4 is 5.73 Å². The maximum absolute atomic E-state index is 6.08. The zero-order valence-corrected chi connectivity index (χ0v) is 13.7. The van der Waals surface area contributed by atoms with Gasteiger partial charge in [-0.25, -0.2) is 4.98 Å². The van der Waals surface area contributed by atoms with Crippen LogP contribution in [0.1, 0.15) is 54.1 Å². The number of aromatic nitrogens is 1. The van der Waals surface area contributed by atoms with Crippen LogP contribution in [-0.2, 0) is 12.8 Å². The van der Waals surface area contributed by atoms with Crippen molar-refractivity contribution in [1.82, 2.24) is 4.98 Å². The van der Waals surface area contributed by atoms with Crippen molar-refractivity contribution in [2.45, 2.75) is 46.0 Å². The summed E-state index contributed by atoms with van der Waals surface area (Å²) < 4.78 is 0. The molecular weight excluding hydrogens is 268 g/mol. The topological polar surface area (TPSA) is 38.9 Å². The Kier molecular flexibility index (Phi) is 5.76. The number of rotatable bonds is 7. The number of pyridine rings is 1. The molecular formula is C20H26N2. The maximum Gasteiger partial charge on any atom is 0.126 e. The fourth-order valence-corrected chi connectivity index (χ4v) is 2.65. The average molecular weight is 294 g/mol. The third kappa shape index (κ3) is 4.20. The van der Waals surface area contributed by atoms with Crippen molar-refractivity contribution in [3.05, 3.63) is 64.9 Å². The third-order valence-electron chi connectivity index (χ3n) is 4.09. The highest BCUT2D eigenvalue weighted by atomic mass is 14.8. The minimum absolute atomic E-state index is 0.694. The van der Waals surface area contributed by atoms with Crippen LogP contribution in [0.4, 0.5) is 5.82 Å². The quantitative estimate of drug-likeness (QED) is 0.735. The van der Waals surface area contributed by atoms with Gasteiger partial charge < -0.3 is 5.73 Å². The van der Waals surface area contributed by atoms with Gasteiger partial charge in [-0.15, -0.1) is 0 Å². The van der Waals surface area contributed by atoms with Crippen LogP contribution in [0.3, 0.4) is 0 Å². The molecule has 0 aliphatic carbocycles. The monoisotopic (exact) mass is 294 g/mol. The van der Waals surface area contributed by atoms with Gasteiger partial charge in [0.1, 0.15) is 5.82 Å². The SMILES string of the molecule is C=Cc1ccc(Cc2cc(CCCCC)c(N)nc2C)cc1. The van der Waals surface area contributed by atoms with E-state index in [0.29, 0.717) is 5.82 Å². The molecule has 0 bridgehead atoms.